The van der Waals surface area contributed by atoms with Crippen LogP contribution in [-0.4, -0.2) is 53.7 Å². The number of halogens is 2. The van der Waals surface area contributed by atoms with E-state index >= 15 is 0 Å². The fourth-order valence-electron chi connectivity index (χ4n) is 4.70. The molecule has 3 aromatic heterocycles. The maximum atomic E-state index is 13.2. The monoisotopic (exact) mass is 456 g/mol. The smallest absolute Gasteiger partial charge is 0.252 e. The van der Waals surface area contributed by atoms with Gasteiger partial charge in [-0.3, -0.25) is 0 Å². The predicted octanol–water partition coefficient (Wildman–Crippen LogP) is 2.50. The number of rotatable bonds is 5. The van der Waals surface area contributed by atoms with E-state index < -0.39 is 5.92 Å². The summed E-state index contributed by atoms with van der Waals surface area (Å²) < 4.78 is 41.1. The fraction of sp³-hybridized carbons (Fsp3) is 0.476. The molecule has 1 saturated carbocycles. The number of para-hydroxylation sites is 1. The normalized spacial score (nSPS) is 20.2. The molecule has 1 atom stereocenters. The van der Waals surface area contributed by atoms with Crippen molar-refractivity contribution in [2.24, 2.45) is 0 Å². The molecule has 6 rings (SSSR count). The zero-order chi connectivity index (χ0) is 22.7. The number of hydrogen-bond acceptors (Lipinski definition) is 8. The highest BCUT2D eigenvalue weighted by Crippen LogP contribution is 2.46. The van der Waals surface area contributed by atoms with E-state index in [2.05, 4.69) is 25.4 Å². The van der Waals surface area contributed by atoms with E-state index in [9.17, 15) is 8.78 Å². The third kappa shape index (κ3) is 3.36. The highest BCUT2D eigenvalue weighted by atomic mass is 19.3. The topological polar surface area (TPSA) is 118 Å². The summed E-state index contributed by atoms with van der Waals surface area (Å²) in [7, 11) is 1.58. The lowest BCUT2D eigenvalue weighted by molar-refractivity contribution is -0.108. The van der Waals surface area contributed by atoms with Crippen LogP contribution in [0.3, 0.4) is 0 Å². The fourth-order valence-corrected chi connectivity index (χ4v) is 4.70. The average molecular weight is 456 g/mol. The number of anilines is 1. The van der Waals surface area contributed by atoms with Crippen LogP contribution in [0.15, 0.2) is 18.2 Å². The highest BCUT2D eigenvalue weighted by Gasteiger charge is 2.48. The molecular weight excluding hydrogens is 434 g/mol. The van der Waals surface area contributed by atoms with Crippen LogP contribution in [0.1, 0.15) is 42.5 Å². The molecule has 1 aromatic carbocycles. The third-order valence-corrected chi connectivity index (χ3v) is 6.41. The van der Waals surface area contributed by atoms with Crippen LogP contribution in [0, 0.1) is 0 Å². The first-order valence-corrected chi connectivity index (χ1v) is 10.8. The van der Waals surface area contributed by atoms with Gasteiger partial charge in [-0.25, -0.2) is 23.4 Å². The lowest BCUT2D eigenvalue weighted by atomic mass is 9.87. The maximum absolute atomic E-state index is 13.2. The summed E-state index contributed by atoms with van der Waals surface area (Å²) in [5.74, 6) is -1.27. The number of aromatic nitrogens is 7. The third-order valence-electron chi connectivity index (χ3n) is 6.41. The van der Waals surface area contributed by atoms with Gasteiger partial charge in [-0.1, -0.05) is 11.3 Å². The number of benzene rings is 1. The Morgan fingerprint density at radius 1 is 1.24 bits per heavy atom. The van der Waals surface area contributed by atoms with Crippen molar-refractivity contribution in [3.05, 3.63) is 35.4 Å². The van der Waals surface area contributed by atoms with Crippen LogP contribution in [-0.2, 0) is 24.2 Å². The molecule has 3 heterocycles. The molecule has 2 aliphatic carbocycles. The van der Waals surface area contributed by atoms with Gasteiger partial charge >= 0.3 is 0 Å². The average Bonchev–Trinajstić information content (AvgIpc) is 3.40. The highest BCUT2D eigenvalue weighted by molar-refractivity contribution is 5.95. The van der Waals surface area contributed by atoms with Crippen molar-refractivity contribution in [1.29, 1.82) is 0 Å². The Kier molecular flexibility index (Phi) is 4.47. The number of hydrogen-bond donors (Lipinski definition) is 1. The number of nitrogens with two attached hydrogens (primary N) is 1. The molecule has 10 nitrogen and oxygen atoms in total. The lowest BCUT2D eigenvalue weighted by Crippen LogP contribution is -2.38. The molecule has 0 radical (unpaired) electrons. The van der Waals surface area contributed by atoms with Crippen molar-refractivity contribution < 1.29 is 18.3 Å². The zero-order valence-corrected chi connectivity index (χ0v) is 17.9. The Hall–Kier alpha value is -3.41. The van der Waals surface area contributed by atoms with Gasteiger partial charge in [-0.15, -0.1) is 10.2 Å². The SMILES string of the molecule is COc1cccc2c1nc(N)n1nc(CO[C@@H]3CCc4c(nnn4C4CC(F)(F)C4)C3)nc21. The Balaban J connectivity index is 1.18. The molecule has 0 spiro atoms. The van der Waals surface area contributed by atoms with E-state index in [1.165, 1.54) is 4.52 Å². The van der Waals surface area contributed by atoms with Gasteiger partial charge in [-0.05, 0) is 25.0 Å². The number of nitrogens with zero attached hydrogens (tertiary/aromatic N) is 7. The van der Waals surface area contributed by atoms with E-state index in [1.54, 1.807) is 11.8 Å². The molecule has 0 bridgehead atoms. The summed E-state index contributed by atoms with van der Waals surface area (Å²) in [5.41, 5.74) is 9.07. The summed E-state index contributed by atoms with van der Waals surface area (Å²) in [6.07, 6.45) is 1.61. The molecule has 172 valence electrons. The standard InChI is InChI=1S/C21H22F2N8O2/c1-32-16-4-2-3-13-18(16)26-20(24)31-19(13)25-17(28-31)10-33-12-5-6-15-14(7-12)27-29-30(15)11-8-21(22,23)9-11/h2-4,11-12H,5-10H2,1H3,(H2,24,26)/t12-/m1/s1. The Morgan fingerprint density at radius 2 is 2.09 bits per heavy atom. The van der Waals surface area contributed by atoms with E-state index in [0.29, 0.717) is 35.6 Å². The van der Waals surface area contributed by atoms with Crippen LogP contribution in [0.25, 0.3) is 16.6 Å². The van der Waals surface area contributed by atoms with Crippen LogP contribution < -0.4 is 10.5 Å². The quantitative estimate of drug-likeness (QED) is 0.487. The minimum Gasteiger partial charge on any atom is -0.494 e. The number of alkyl halides is 2. The van der Waals surface area contributed by atoms with Gasteiger partial charge < -0.3 is 15.2 Å². The van der Waals surface area contributed by atoms with Gasteiger partial charge in [0.15, 0.2) is 11.5 Å². The summed E-state index contributed by atoms with van der Waals surface area (Å²) in [5, 5.41) is 13.6. The van der Waals surface area contributed by atoms with Crippen LogP contribution in [0.2, 0.25) is 0 Å². The first kappa shape index (κ1) is 20.2. The minimum atomic E-state index is -2.58. The molecule has 0 unspecified atom stereocenters. The first-order chi connectivity index (χ1) is 15.9. The molecule has 1 fully saturated rings. The molecule has 33 heavy (non-hydrogen) atoms. The molecule has 2 N–H and O–H groups in total. The number of nitrogen functional groups attached to an aromatic ring is 1. The zero-order valence-electron chi connectivity index (χ0n) is 17.9. The molecule has 0 aliphatic heterocycles. The van der Waals surface area contributed by atoms with Crippen LogP contribution in [0.5, 0.6) is 5.75 Å². The number of methoxy groups -OCH3 is 1. The second-order valence-electron chi connectivity index (χ2n) is 8.61. The van der Waals surface area contributed by atoms with Crippen molar-refractivity contribution in [3.8, 4) is 5.75 Å². The number of fused-ring (bicyclic) bond motifs is 4. The predicted molar refractivity (Wildman–Crippen MR) is 113 cm³/mol. The molecular formula is C21H22F2N8O2. The summed E-state index contributed by atoms with van der Waals surface area (Å²) in [6.45, 7) is 0.204. The van der Waals surface area contributed by atoms with Gasteiger partial charge in [-0.2, -0.15) is 4.52 Å². The van der Waals surface area contributed by atoms with Crippen molar-refractivity contribution >= 4 is 22.5 Å². The summed E-state index contributed by atoms with van der Waals surface area (Å²) in [4.78, 5) is 9.02. The van der Waals surface area contributed by atoms with E-state index in [4.69, 9.17) is 15.2 Å². The second-order valence-corrected chi connectivity index (χ2v) is 8.61. The molecule has 12 heteroatoms. The molecule has 4 aromatic rings. The van der Waals surface area contributed by atoms with Gasteiger partial charge in [0, 0.05) is 24.6 Å². The van der Waals surface area contributed by atoms with Crippen molar-refractivity contribution in [1.82, 2.24) is 34.6 Å². The van der Waals surface area contributed by atoms with Crippen LogP contribution >= 0.6 is 0 Å². The largest absolute Gasteiger partial charge is 0.494 e. The maximum Gasteiger partial charge on any atom is 0.252 e. The van der Waals surface area contributed by atoms with Gasteiger partial charge in [0.1, 0.15) is 17.9 Å². The summed E-state index contributed by atoms with van der Waals surface area (Å²) >= 11 is 0. The van der Waals surface area contributed by atoms with E-state index in [-0.39, 0.29) is 37.5 Å². The van der Waals surface area contributed by atoms with Crippen LogP contribution in [0.4, 0.5) is 14.7 Å². The number of ether oxygens (including phenoxy) is 2. The minimum absolute atomic E-state index is 0.0793. The van der Waals surface area contributed by atoms with Gasteiger partial charge in [0.25, 0.3) is 5.92 Å². The second kappa shape index (κ2) is 7.30. The van der Waals surface area contributed by atoms with Crippen molar-refractivity contribution in [2.45, 2.75) is 56.8 Å². The van der Waals surface area contributed by atoms with E-state index in [0.717, 1.165) is 23.2 Å². The molecule has 0 saturated heterocycles. The Labute approximate surface area is 186 Å². The summed E-state index contributed by atoms with van der Waals surface area (Å²) in [6, 6.07) is 5.31. The van der Waals surface area contributed by atoms with Crippen molar-refractivity contribution in [3.63, 3.8) is 0 Å². The van der Waals surface area contributed by atoms with Gasteiger partial charge in [0.2, 0.25) is 5.95 Å². The van der Waals surface area contributed by atoms with Crippen molar-refractivity contribution in [2.75, 3.05) is 12.8 Å². The molecule has 0 amide bonds. The first-order valence-electron chi connectivity index (χ1n) is 10.8. The molecule has 2 aliphatic rings. The Bertz CT molecular complexity index is 1360. The van der Waals surface area contributed by atoms with Gasteiger partial charge in [0.05, 0.1) is 30.6 Å². The lowest BCUT2D eigenvalue weighted by Gasteiger charge is -2.36. The Morgan fingerprint density at radius 3 is 2.88 bits per heavy atom. The van der Waals surface area contributed by atoms with E-state index in [1.807, 2.05) is 18.2 Å².